The van der Waals surface area contributed by atoms with E-state index in [1.807, 2.05) is 0 Å². The zero-order chi connectivity index (χ0) is 8.73. The van der Waals surface area contributed by atoms with Crippen LogP contribution in [0.25, 0.3) is 0 Å². The van der Waals surface area contributed by atoms with E-state index in [1.54, 1.807) is 0 Å². The van der Waals surface area contributed by atoms with Gasteiger partial charge in [0, 0.05) is 5.97 Å². The normalized spacial score (nSPS) is 8.92. The lowest BCUT2D eigenvalue weighted by Crippen LogP contribution is -2.32. The van der Waals surface area contributed by atoms with Crippen LogP contribution < -0.4 is 22.5 Å². The third-order valence-corrected chi connectivity index (χ3v) is 0.341. The molecule has 0 rings (SSSR count). The van der Waals surface area contributed by atoms with Crippen LogP contribution in [0.2, 0.25) is 0 Å². The largest absolute Gasteiger partial charge is 0.550 e. The lowest BCUT2D eigenvalue weighted by Gasteiger charge is -2.00. The molecule has 7 heteroatoms. The van der Waals surface area contributed by atoms with Gasteiger partial charge < -0.3 is 37.2 Å². The molecule has 7 nitrogen and oxygen atoms in total. The monoisotopic (exact) mass is 184 g/mol. The van der Waals surface area contributed by atoms with Crippen molar-refractivity contribution in [2.45, 2.75) is 20.0 Å². The molecule has 1 atom stereocenters. The Morgan fingerprint density at radius 1 is 1.25 bits per heavy atom. The second-order valence-electron chi connectivity index (χ2n) is 1.49. The van der Waals surface area contributed by atoms with Gasteiger partial charge in [0.1, 0.15) is 0 Å². The van der Waals surface area contributed by atoms with Crippen molar-refractivity contribution < 1.29 is 24.9 Å². The van der Waals surface area contributed by atoms with E-state index in [4.69, 9.17) is 15.0 Å². The number of carbonyl (C=O) groups excluding carboxylic acids is 2. The fraction of sp³-hybridized carbons (Fsp3) is 0.600. The number of carbonyl (C=O) groups is 2. The van der Waals surface area contributed by atoms with Gasteiger partial charge in [-0.15, -0.1) is 0 Å². The van der Waals surface area contributed by atoms with Crippen LogP contribution in [0.15, 0.2) is 0 Å². The molecule has 0 aliphatic carbocycles. The standard InChI is InChI=1S/C3H6O3.C2H4O2.2H3N/c1-2(4)3(5)6;1-2(3)4;;/h2,4H,1H3,(H,5,6);1H3,(H,3,4);2*1H3. The number of hydrogen-bond donors (Lipinski definition) is 3. The Morgan fingerprint density at radius 2 is 1.33 bits per heavy atom. The van der Waals surface area contributed by atoms with Crippen LogP contribution in [0.5, 0.6) is 0 Å². The molecular formula is C5H16N2O5. The molecule has 0 aliphatic rings. The maximum Gasteiger partial charge on any atom is 0.0905 e. The molecule has 76 valence electrons. The van der Waals surface area contributed by atoms with E-state index in [0.717, 1.165) is 13.8 Å². The van der Waals surface area contributed by atoms with Gasteiger partial charge in [-0.25, -0.2) is 0 Å². The Morgan fingerprint density at radius 3 is 1.33 bits per heavy atom. The summed E-state index contributed by atoms with van der Waals surface area (Å²) in [4.78, 5) is 18.2. The molecule has 0 saturated heterocycles. The molecule has 0 bridgehead atoms. The van der Waals surface area contributed by atoms with Crippen molar-refractivity contribution >= 4 is 11.9 Å². The average Bonchev–Trinajstić information content (AvgIpc) is 1.63. The van der Waals surface area contributed by atoms with Crippen LogP contribution in [0.4, 0.5) is 0 Å². The topological polar surface area (TPSA) is 173 Å². The van der Waals surface area contributed by atoms with Gasteiger partial charge in [-0.05, 0) is 13.8 Å². The van der Waals surface area contributed by atoms with Crippen LogP contribution in [-0.4, -0.2) is 23.1 Å². The van der Waals surface area contributed by atoms with Gasteiger partial charge in [0.25, 0.3) is 0 Å². The minimum Gasteiger partial charge on any atom is -0.550 e. The summed E-state index contributed by atoms with van der Waals surface area (Å²) in [5.74, 6) is -2.52. The summed E-state index contributed by atoms with van der Waals surface area (Å²) in [5.41, 5.74) is 0. The molecule has 0 amide bonds. The molecule has 0 aromatic carbocycles. The predicted octanol–water partition coefficient (Wildman–Crippen LogP) is -2.37. The summed E-state index contributed by atoms with van der Waals surface area (Å²) in [6.45, 7) is 2.11. The van der Waals surface area contributed by atoms with Crippen LogP contribution in [0.3, 0.4) is 0 Å². The molecule has 0 spiro atoms. The van der Waals surface area contributed by atoms with Crippen molar-refractivity contribution in [1.82, 2.24) is 12.3 Å². The third-order valence-electron chi connectivity index (χ3n) is 0.341. The number of aliphatic hydroxyl groups excluding tert-OH is 1. The van der Waals surface area contributed by atoms with Crippen molar-refractivity contribution in [2.24, 2.45) is 0 Å². The molecule has 0 heterocycles. The zero-order valence-corrected chi connectivity index (χ0v) is 7.66. The quantitative estimate of drug-likeness (QED) is 0.412. The molecule has 0 saturated carbocycles. The van der Waals surface area contributed by atoms with Crippen molar-refractivity contribution in [3.63, 3.8) is 0 Å². The van der Waals surface area contributed by atoms with E-state index >= 15 is 0 Å². The summed E-state index contributed by atoms with van der Waals surface area (Å²) in [7, 11) is 0. The van der Waals surface area contributed by atoms with E-state index in [9.17, 15) is 9.90 Å². The number of aliphatic hydroxyl groups is 1. The van der Waals surface area contributed by atoms with Gasteiger partial charge in [0.05, 0.1) is 12.1 Å². The number of aliphatic carboxylic acids is 2. The Labute approximate surface area is 70.2 Å². The Hall–Kier alpha value is -1.18. The summed E-state index contributed by atoms with van der Waals surface area (Å²) < 4.78 is 0. The lowest BCUT2D eigenvalue weighted by atomic mass is 10.4. The molecule has 0 aromatic rings. The number of rotatable bonds is 1. The van der Waals surface area contributed by atoms with E-state index in [0.29, 0.717) is 0 Å². The average molecular weight is 184 g/mol. The van der Waals surface area contributed by atoms with Crippen LogP contribution >= 0.6 is 0 Å². The fourth-order valence-electron chi connectivity index (χ4n) is 0. The lowest BCUT2D eigenvalue weighted by molar-refractivity contribution is -0.314. The summed E-state index contributed by atoms with van der Waals surface area (Å²) in [6, 6.07) is 0. The van der Waals surface area contributed by atoms with Gasteiger partial charge in [-0.3, -0.25) is 0 Å². The minimum absolute atomic E-state index is 0. The molecule has 0 radical (unpaired) electrons. The molecule has 12 heavy (non-hydrogen) atoms. The SMILES string of the molecule is CC(=O)[O-].CC(O)C(=O)[O-].[NH4+].[NH4+]. The van der Waals surface area contributed by atoms with Crippen molar-refractivity contribution in [3.05, 3.63) is 0 Å². The molecular weight excluding hydrogens is 168 g/mol. The highest BCUT2D eigenvalue weighted by molar-refractivity contribution is 5.68. The first-order valence-electron chi connectivity index (χ1n) is 2.44. The Balaban J connectivity index is -0.0000000483. The highest BCUT2D eigenvalue weighted by atomic mass is 16.4. The Kier molecular flexibility index (Phi) is 23.4. The van der Waals surface area contributed by atoms with Gasteiger partial charge in [0.15, 0.2) is 0 Å². The van der Waals surface area contributed by atoms with Crippen molar-refractivity contribution in [2.75, 3.05) is 0 Å². The Bertz CT molecular complexity index is 121. The number of quaternary nitrogens is 2. The van der Waals surface area contributed by atoms with E-state index in [-0.39, 0.29) is 12.3 Å². The maximum absolute atomic E-state index is 9.34. The molecule has 0 aliphatic heterocycles. The van der Waals surface area contributed by atoms with Gasteiger partial charge in [-0.2, -0.15) is 0 Å². The van der Waals surface area contributed by atoms with Crippen LogP contribution in [0, 0.1) is 0 Å². The van der Waals surface area contributed by atoms with E-state index in [2.05, 4.69) is 0 Å². The summed E-state index contributed by atoms with van der Waals surface area (Å²) in [6.07, 6.45) is -1.34. The first-order valence-corrected chi connectivity index (χ1v) is 2.44. The summed E-state index contributed by atoms with van der Waals surface area (Å²) >= 11 is 0. The highest BCUT2D eigenvalue weighted by Gasteiger charge is 1.89. The molecule has 0 fully saturated rings. The van der Waals surface area contributed by atoms with Crippen LogP contribution in [0.1, 0.15) is 13.8 Å². The number of hydrogen-bond acceptors (Lipinski definition) is 5. The minimum atomic E-state index is -1.44. The fourth-order valence-corrected chi connectivity index (χ4v) is 0. The first kappa shape index (κ1) is 22.4. The third kappa shape index (κ3) is 67.8. The van der Waals surface area contributed by atoms with Crippen molar-refractivity contribution in [3.8, 4) is 0 Å². The number of carboxylic acids is 2. The van der Waals surface area contributed by atoms with Gasteiger partial charge in [0.2, 0.25) is 0 Å². The predicted molar refractivity (Wildman–Crippen MR) is 39.3 cm³/mol. The van der Waals surface area contributed by atoms with Gasteiger partial charge in [-0.1, -0.05) is 0 Å². The zero-order valence-electron chi connectivity index (χ0n) is 7.66. The van der Waals surface area contributed by atoms with Gasteiger partial charge >= 0.3 is 0 Å². The van der Waals surface area contributed by atoms with E-state index in [1.165, 1.54) is 0 Å². The second-order valence-corrected chi connectivity index (χ2v) is 1.49. The highest BCUT2D eigenvalue weighted by Crippen LogP contribution is 1.69. The second kappa shape index (κ2) is 12.5. The summed E-state index contributed by atoms with van der Waals surface area (Å²) in [5, 5.41) is 26.2. The molecule has 9 N–H and O–H groups in total. The molecule has 0 aromatic heterocycles. The maximum atomic E-state index is 9.34. The molecule has 1 unspecified atom stereocenters. The first-order chi connectivity index (χ1) is 4.37. The van der Waals surface area contributed by atoms with Crippen LogP contribution in [-0.2, 0) is 9.59 Å². The number of carboxylic acid groups (broad SMARTS) is 2. The van der Waals surface area contributed by atoms with E-state index < -0.39 is 18.0 Å². The van der Waals surface area contributed by atoms with Crippen molar-refractivity contribution in [1.29, 1.82) is 0 Å². The smallest absolute Gasteiger partial charge is 0.0905 e.